The Kier molecular flexibility index (Phi) is 3.35. The number of urea groups is 1. The summed E-state index contributed by atoms with van der Waals surface area (Å²) in [6, 6.07) is 6.04. The van der Waals surface area contributed by atoms with Gasteiger partial charge < -0.3 is 9.80 Å². The summed E-state index contributed by atoms with van der Waals surface area (Å²) in [6.07, 6.45) is 1.92. The van der Waals surface area contributed by atoms with E-state index in [1.807, 2.05) is 6.07 Å². The van der Waals surface area contributed by atoms with Gasteiger partial charge in [-0.3, -0.25) is 9.59 Å². The van der Waals surface area contributed by atoms with Crippen LogP contribution in [-0.2, 0) is 9.59 Å². The highest BCUT2D eigenvalue weighted by Crippen LogP contribution is 2.40. The van der Waals surface area contributed by atoms with Crippen molar-refractivity contribution < 1.29 is 14.4 Å². The van der Waals surface area contributed by atoms with Crippen molar-refractivity contribution in [2.45, 2.75) is 37.8 Å². The van der Waals surface area contributed by atoms with Crippen molar-refractivity contribution in [1.29, 1.82) is 0 Å². The number of hydrogen-bond donors (Lipinski definition) is 0. The molecular weight excluding hydrogens is 330 g/mol. The number of fused-ring (bicyclic) bond motifs is 1. The minimum atomic E-state index is -0.783. The third kappa shape index (κ3) is 1.92. The molecule has 3 heterocycles. The quantitative estimate of drug-likeness (QED) is 0.771. The van der Waals surface area contributed by atoms with Gasteiger partial charge in [0.25, 0.3) is 5.91 Å². The number of hydrogen-bond acceptors (Lipinski definition) is 3. The third-order valence-electron chi connectivity index (χ3n) is 5.39. The molecule has 4 amide bonds. The van der Waals surface area contributed by atoms with Gasteiger partial charge in [-0.15, -0.1) is 0 Å². The Labute approximate surface area is 144 Å². The molecule has 4 rings (SSSR count). The lowest BCUT2D eigenvalue weighted by Gasteiger charge is -2.23. The smallest absolute Gasteiger partial charge is 0.310 e. The Morgan fingerprint density at radius 1 is 1.17 bits per heavy atom. The van der Waals surface area contributed by atoms with Crippen LogP contribution in [0.4, 0.5) is 10.5 Å². The molecule has 3 aliphatic rings. The zero-order chi connectivity index (χ0) is 17.1. The van der Waals surface area contributed by atoms with Gasteiger partial charge in [0.15, 0.2) is 0 Å². The number of anilines is 1. The first-order chi connectivity index (χ1) is 11.4. The minimum absolute atomic E-state index is 0.241. The molecular formula is C17H18ClN3O3. The molecule has 0 spiro atoms. The van der Waals surface area contributed by atoms with Crippen LogP contribution in [0, 0.1) is 0 Å². The standard InChI is InChI=1S/C17H18ClN3O3/c1-17-8-4-9-20(17)16(24)21(15(17)23)13-7-10-19(14(13)22)12-6-3-2-5-11(12)18/h2-3,5-6,13H,4,7-10H2,1H3/t13-,17+/m1/s1. The van der Waals surface area contributed by atoms with E-state index in [4.69, 9.17) is 11.6 Å². The van der Waals surface area contributed by atoms with E-state index < -0.39 is 11.6 Å². The second-order valence-corrected chi connectivity index (χ2v) is 7.14. The Morgan fingerprint density at radius 3 is 2.62 bits per heavy atom. The van der Waals surface area contributed by atoms with Crippen LogP contribution in [0.5, 0.6) is 0 Å². The summed E-state index contributed by atoms with van der Waals surface area (Å²) in [7, 11) is 0. The monoisotopic (exact) mass is 347 g/mol. The van der Waals surface area contributed by atoms with E-state index in [0.29, 0.717) is 36.6 Å². The highest BCUT2D eigenvalue weighted by atomic mass is 35.5. The zero-order valence-electron chi connectivity index (χ0n) is 13.4. The first kappa shape index (κ1) is 15.4. The van der Waals surface area contributed by atoms with Gasteiger partial charge in [0.1, 0.15) is 11.6 Å². The molecule has 3 fully saturated rings. The third-order valence-corrected chi connectivity index (χ3v) is 5.71. The van der Waals surface area contributed by atoms with Gasteiger partial charge in [-0.2, -0.15) is 0 Å². The number of imide groups is 1. The van der Waals surface area contributed by atoms with Crippen molar-refractivity contribution in [2.24, 2.45) is 0 Å². The fourth-order valence-corrected chi connectivity index (χ4v) is 4.30. The second-order valence-electron chi connectivity index (χ2n) is 6.73. The van der Waals surface area contributed by atoms with Crippen LogP contribution in [0.25, 0.3) is 0 Å². The van der Waals surface area contributed by atoms with E-state index in [1.165, 1.54) is 4.90 Å². The van der Waals surface area contributed by atoms with Crippen LogP contribution >= 0.6 is 11.6 Å². The van der Waals surface area contributed by atoms with Crippen molar-refractivity contribution in [2.75, 3.05) is 18.0 Å². The largest absolute Gasteiger partial charge is 0.328 e. The molecule has 0 saturated carbocycles. The first-order valence-corrected chi connectivity index (χ1v) is 8.54. The van der Waals surface area contributed by atoms with Crippen LogP contribution in [0.3, 0.4) is 0 Å². The number of carbonyl (C=O) groups is 3. The predicted octanol–water partition coefficient (Wildman–Crippen LogP) is 2.26. The Morgan fingerprint density at radius 2 is 1.92 bits per heavy atom. The van der Waals surface area contributed by atoms with Crippen molar-refractivity contribution in [1.82, 2.24) is 9.80 Å². The van der Waals surface area contributed by atoms with Crippen LogP contribution in [0.15, 0.2) is 24.3 Å². The van der Waals surface area contributed by atoms with Gasteiger partial charge in [-0.1, -0.05) is 23.7 Å². The number of amides is 4. The Hall–Kier alpha value is -2.08. The van der Waals surface area contributed by atoms with Crippen molar-refractivity contribution in [3.05, 3.63) is 29.3 Å². The van der Waals surface area contributed by atoms with E-state index in [9.17, 15) is 14.4 Å². The van der Waals surface area contributed by atoms with E-state index >= 15 is 0 Å². The highest BCUT2D eigenvalue weighted by Gasteiger charge is 2.60. The average Bonchev–Trinajstić information content (AvgIpc) is 3.17. The van der Waals surface area contributed by atoms with Crippen molar-refractivity contribution >= 4 is 35.1 Å². The van der Waals surface area contributed by atoms with E-state index in [2.05, 4.69) is 0 Å². The topological polar surface area (TPSA) is 60.9 Å². The number of nitrogens with zero attached hydrogens (tertiary/aromatic N) is 3. The normalized spacial score (nSPS) is 29.8. The molecule has 24 heavy (non-hydrogen) atoms. The van der Waals surface area contributed by atoms with Crippen LogP contribution in [-0.4, -0.2) is 52.3 Å². The van der Waals surface area contributed by atoms with Crippen LogP contribution in [0.1, 0.15) is 26.2 Å². The molecule has 3 aliphatic heterocycles. The summed E-state index contributed by atoms with van der Waals surface area (Å²) >= 11 is 6.18. The highest BCUT2D eigenvalue weighted by molar-refractivity contribution is 6.34. The van der Waals surface area contributed by atoms with E-state index in [1.54, 1.807) is 34.9 Å². The number of para-hydroxylation sites is 1. The molecule has 3 saturated heterocycles. The molecule has 6 nitrogen and oxygen atoms in total. The second kappa shape index (κ2) is 5.21. The maximum absolute atomic E-state index is 12.9. The lowest BCUT2D eigenvalue weighted by atomic mass is 9.99. The molecule has 1 aromatic carbocycles. The molecule has 1 aromatic rings. The number of benzene rings is 1. The molecule has 2 atom stereocenters. The lowest BCUT2D eigenvalue weighted by molar-refractivity contribution is -0.136. The molecule has 0 bridgehead atoms. The summed E-state index contributed by atoms with van der Waals surface area (Å²) in [4.78, 5) is 42.7. The van der Waals surface area contributed by atoms with Gasteiger partial charge in [-0.25, -0.2) is 9.69 Å². The van der Waals surface area contributed by atoms with Gasteiger partial charge in [-0.05, 0) is 38.3 Å². The Bertz CT molecular complexity index is 752. The molecule has 0 radical (unpaired) electrons. The zero-order valence-corrected chi connectivity index (χ0v) is 14.1. The number of halogens is 1. The van der Waals surface area contributed by atoms with Crippen LogP contribution in [0.2, 0.25) is 5.02 Å². The fraction of sp³-hybridized carbons (Fsp3) is 0.471. The Balaban J connectivity index is 1.63. The molecule has 0 unspecified atom stereocenters. The van der Waals surface area contributed by atoms with Gasteiger partial charge in [0.2, 0.25) is 5.91 Å². The van der Waals surface area contributed by atoms with Crippen LogP contribution < -0.4 is 4.90 Å². The predicted molar refractivity (Wildman–Crippen MR) is 88.8 cm³/mol. The summed E-state index contributed by atoms with van der Waals surface area (Å²) < 4.78 is 0. The summed E-state index contributed by atoms with van der Waals surface area (Å²) in [5.74, 6) is -0.487. The minimum Gasteiger partial charge on any atom is -0.310 e. The molecule has 0 aliphatic carbocycles. The molecule has 7 heteroatoms. The summed E-state index contributed by atoms with van der Waals surface area (Å²) in [5, 5.41) is 0.484. The average molecular weight is 348 g/mol. The molecule has 0 N–H and O–H groups in total. The van der Waals surface area contributed by atoms with E-state index in [0.717, 1.165) is 6.42 Å². The van der Waals surface area contributed by atoms with E-state index in [-0.39, 0.29) is 17.8 Å². The maximum atomic E-state index is 12.9. The first-order valence-electron chi connectivity index (χ1n) is 8.16. The molecule has 0 aromatic heterocycles. The van der Waals surface area contributed by atoms with Crippen molar-refractivity contribution in [3.8, 4) is 0 Å². The summed E-state index contributed by atoms with van der Waals surface area (Å²) in [6.45, 7) is 2.82. The van der Waals surface area contributed by atoms with Gasteiger partial charge in [0.05, 0.1) is 10.7 Å². The van der Waals surface area contributed by atoms with Gasteiger partial charge >= 0.3 is 6.03 Å². The number of rotatable bonds is 2. The maximum Gasteiger partial charge on any atom is 0.328 e. The number of carbonyl (C=O) groups excluding carboxylic acids is 3. The SMILES string of the molecule is C[C@@]12CCCN1C(=O)N([C@@H]1CCN(c3ccccc3Cl)C1=O)C2=O. The summed E-state index contributed by atoms with van der Waals surface area (Å²) in [5.41, 5.74) is -0.160. The lowest BCUT2D eigenvalue weighted by Crippen LogP contribution is -2.47. The van der Waals surface area contributed by atoms with Gasteiger partial charge in [0, 0.05) is 13.1 Å². The fourth-order valence-electron chi connectivity index (χ4n) is 4.06. The van der Waals surface area contributed by atoms with Crippen molar-refractivity contribution in [3.63, 3.8) is 0 Å². The molecule has 126 valence electrons.